The molecule has 1 rings (SSSR count). The van der Waals surface area contributed by atoms with E-state index in [0.29, 0.717) is 5.57 Å². The topological polar surface area (TPSA) is 38.3 Å². The molecule has 92 valence electrons. The SMILES string of the molecule is C=C(C(=O)NOC)c1ccc(C(C)(C)C)cc1. The number of benzene rings is 1. The molecule has 1 aromatic carbocycles. The quantitative estimate of drug-likeness (QED) is 0.644. The molecule has 0 fully saturated rings. The molecule has 0 spiro atoms. The molecule has 0 aliphatic rings. The lowest BCUT2D eigenvalue weighted by molar-refractivity contribution is -0.125. The van der Waals surface area contributed by atoms with Crippen LogP contribution in [-0.4, -0.2) is 13.0 Å². The van der Waals surface area contributed by atoms with E-state index in [1.165, 1.54) is 12.7 Å². The van der Waals surface area contributed by atoms with E-state index in [1.807, 2.05) is 24.3 Å². The normalized spacial score (nSPS) is 11.1. The van der Waals surface area contributed by atoms with E-state index in [-0.39, 0.29) is 11.3 Å². The Morgan fingerprint density at radius 2 is 1.76 bits per heavy atom. The minimum absolute atomic E-state index is 0.106. The van der Waals surface area contributed by atoms with Gasteiger partial charge in [-0.3, -0.25) is 9.63 Å². The summed E-state index contributed by atoms with van der Waals surface area (Å²) in [6, 6.07) is 7.83. The Morgan fingerprint density at radius 1 is 1.24 bits per heavy atom. The number of hydroxylamine groups is 1. The molecule has 1 aromatic rings. The molecule has 0 bridgehead atoms. The van der Waals surface area contributed by atoms with Gasteiger partial charge in [0.2, 0.25) is 0 Å². The highest BCUT2D eigenvalue weighted by atomic mass is 16.6. The molecule has 3 heteroatoms. The van der Waals surface area contributed by atoms with Gasteiger partial charge in [0, 0.05) is 5.57 Å². The molecule has 17 heavy (non-hydrogen) atoms. The minimum atomic E-state index is -0.323. The lowest BCUT2D eigenvalue weighted by atomic mass is 9.86. The van der Waals surface area contributed by atoms with Gasteiger partial charge in [0.1, 0.15) is 0 Å². The Bertz CT molecular complexity index is 413. The first-order valence-corrected chi connectivity index (χ1v) is 5.49. The summed E-state index contributed by atoms with van der Waals surface area (Å²) in [5.41, 5.74) is 4.77. The average Bonchev–Trinajstić information content (AvgIpc) is 2.27. The largest absolute Gasteiger partial charge is 0.277 e. The van der Waals surface area contributed by atoms with Gasteiger partial charge < -0.3 is 0 Å². The van der Waals surface area contributed by atoms with Crippen molar-refractivity contribution >= 4 is 11.5 Å². The Hall–Kier alpha value is -1.61. The van der Waals surface area contributed by atoms with Gasteiger partial charge in [-0.2, -0.15) is 0 Å². The second kappa shape index (κ2) is 5.15. The number of amides is 1. The lowest BCUT2D eigenvalue weighted by Gasteiger charge is -2.19. The summed E-state index contributed by atoms with van der Waals surface area (Å²) in [6.45, 7) is 10.2. The molecule has 0 saturated heterocycles. The Kier molecular flexibility index (Phi) is 4.07. The molecule has 3 nitrogen and oxygen atoms in total. The fraction of sp³-hybridized carbons (Fsp3) is 0.357. The van der Waals surface area contributed by atoms with E-state index in [1.54, 1.807) is 0 Å². The first-order valence-electron chi connectivity index (χ1n) is 5.49. The molecule has 1 N–H and O–H groups in total. The first-order chi connectivity index (χ1) is 7.86. The van der Waals surface area contributed by atoms with Crippen LogP contribution < -0.4 is 5.48 Å². The number of nitrogens with one attached hydrogen (secondary N) is 1. The first kappa shape index (κ1) is 13.5. The van der Waals surface area contributed by atoms with E-state index in [2.05, 4.69) is 37.7 Å². The number of carbonyl (C=O) groups excluding carboxylic acids is 1. The summed E-state index contributed by atoms with van der Waals surface area (Å²) < 4.78 is 0. The van der Waals surface area contributed by atoms with Gasteiger partial charge >= 0.3 is 0 Å². The van der Waals surface area contributed by atoms with Crippen LogP contribution in [-0.2, 0) is 15.0 Å². The summed E-state index contributed by atoms with van der Waals surface area (Å²) in [5.74, 6) is -0.323. The van der Waals surface area contributed by atoms with Crippen LogP contribution in [0.1, 0.15) is 31.9 Å². The summed E-state index contributed by atoms with van der Waals surface area (Å²) >= 11 is 0. The van der Waals surface area contributed by atoms with Gasteiger partial charge in [-0.05, 0) is 16.5 Å². The van der Waals surface area contributed by atoms with Crippen LogP contribution in [0, 0.1) is 0 Å². The molecule has 0 saturated carbocycles. The number of hydrogen-bond donors (Lipinski definition) is 1. The highest BCUT2D eigenvalue weighted by molar-refractivity contribution is 6.18. The van der Waals surface area contributed by atoms with Gasteiger partial charge in [-0.1, -0.05) is 51.6 Å². The van der Waals surface area contributed by atoms with E-state index in [9.17, 15) is 4.79 Å². The van der Waals surface area contributed by atoms with Gasteiger partial charge in [0.15, 0.2) is 0 Å². The van der Waals surface area contributed by atoms with Crippen molar-refractivity contribution in [3.63, 3.8) is 0 Å². The predicted octanol–water partition coefficient (Wildman–Crippen LogP) is 2.67. The zero-order valence-electron chi connectivity index (χ0n) is 10.8. The molecule has 0 heterocycles. The van der Waals surface area contributed by atoms with Crippen molar-refractivity contribution in [2.45, 2.75) is 26.2 Å². The standard InChI is InChI=1S/C14H19NO2/c1-10(13(16)15-17-5)11-6-8-12(9-7-11)14(2,3)4/h6-9H,1H2,2-5H3,(H,15,16). The van der Waals surface area contributed by atoms with Crippen molar-refractivity contribution in [3.05, 3.63) is 42.0 Å². The van der Waals surface area contributed by atoms with Crippen LogP contribution in [0.2, 0.25) is 0 Å². The highest BCUT2D eigenvalue weighted by Crippen LogP contribution is 2.23. The number of hydrogen-bond acceptors (Lipinski definition) is 2. The third-order valence-electron chi connectivity index (χ3n) is 2.57. The third-order valence-corrected chi connectivity index (χ3v) is 2.57. The maximum atomic E-state index is 11.5. The maximum Gasteiger partial charge on any atom is 0.274 e. The van der Waals surface area contributed by atoms with Crippen LogP contribution >= 0.6 is 0 Å². The van der Waals surface area contributed by atoms with Crippen molar-refractivity contribution in [2.24, 2.45) is 0 Å². The molecule has 0 aliphatic carbocycles. The van der Waals surface area contributed by atoms with Crippen molar-refractivity contribution in [1.82, 2.24) is 5.48 Å². The molecular weight excluding hydrogens is 214 g/mol. The van der Waals surface area contributed by atoms with Gasteiger partial charge in [-0.15, -0.1) is 0 Å². The van der Waals surface area contributed by atoms with Crippen molar-refractivity contribution < 1.29 is 9.63 Å². The lowest BCUT2D eigenvalue weighted by Crippen LogP contribution is -2.22. The Balaban J connectivity index is 2.88. The Labute approximate surface area is 102 Å². The van der Waals surface area contributed by atoms with Gasteiger partial charge in [0.25, 0.3) is 5.91 Å². The molecular formula is C14H19NO2. The summed E-state index contributed by atoms with van der Waals surface area (Å²) in [7, 11) is 1.40. The van der Waals surface area contributed by atoms with Crippen LogP contribution in [0.4, 0.5) is 0 Å². The average molecular weight is 233 g/mol. The van der Waals surface area contributed by atoms with E-state index >= 15 is 0 Å². The fourth-order valence-corrected chi connectivity index (χ4v) is 1.46. The monoisotopic (exact) mass is 233 g/mol. The van der Waals surface area contributed by atoms with Crippen molar-refractivity contribution in [2.75, 3.05) is 7.11 Å². The molecule has 0 radical (unpaired) electrons. The minimum Gasteiger partial charge on any atom is -0.277 e. The second-order valence-corrected chi connectivity index (χ2v) is 4.94. The zero-order valence-corrected chi connectivity index (χ0v) is 10.8. The van der Waals surface area contributed by atoms with Gasteiger partial charge in [-0.25, -0.2) is 5.48 Å². The molecule has 0 atom stereocenters. The van der Waals surface area contributed by atoms with Crippen LogP contribution in [0.3, 0.4) is 0 Å². The van der Waals surface area contributed by atoms with Crippen LogP contribution in [0.5, 0.6) is 0 Å². The number of carbonyl (C=O) groups is 1. The van der Waals surface area contributed by atoms with Crippen molar-refractivity contribution in [3.8, 4) is 0 Å². The summed E-state index contributed by atoms with van der Waals surface area (Å²) in [4.78, 5) is 16.1. The van der Waals surface area contributed by atoms with Gasteiger partial charge in [0.05, 0.1) is 7.11 Å². The second-order valence-electron chi connectivity index (χ2n) is 4.94. The summed E-state index contributed by atoms with van der Waals surface area (Å²) in [5, 5.41) is 0. The van der Waals surface area contributed by atoms with E-state index < -0.39 is 0 Å². The van der Waals surface area contributed by atoms with Crippen LogP contribution in [0.25, 0.3) is 5.57 Å². The molecule has 0 unspecified atom stereocenters. The highest BCUT2D eigenvalue weighted by Gasteiger charge is 2.14. The maximum absolute atomic E-state index is 11.5. The van der Waals surface area contributed by atoms with Crippen LogP contribution in [0.15, 0.2) is 30.8 Å². The van der Waals surface area contributed by atoms with E-state index in [0.717, 1.165) is 5.56 Å². The molecule has 0 aliphatic heterocycles. The Morgan fingerprint density at radius 3 is 2.18 bits per heavy atom. The van der Waals surface area contributed by atoms with E-state index in [4.69, 9.17) is 0 Å². The third kappa shape index (κ3) is 3.43. The molecule has 0 aromatic heterocycles. The van der Waals surface area contributed by atoms with Crippen molar-refractivity contribution in [1.29, 1.82) is 0 Å². The summed E-state index contributed by atoms with van der Waals surface area (Å²) in [6.07, 6.45) is 0. The zero-order chi connectivity index (χ0) is 13.1. The number of rotatable bonds is 3. The fourth-order valence-electron chi connectivity index (χ4n) is 1.46. The smallest absolute Gasteiger partial charge is 0.274 e. The molecule has 1 amide bonds. The predicted molar refractivity (Wildman–Crippen MR) is 69.3 cm³/mol.